The third-order valence-corrected chi connectivity index (χ3v) is 4.68. The van der Waals surface area contributed by atoms with Crippen molar-refractivity contribution in [3.05, 3.63) is 34.7 Å². The molecule has 2 aromatic rings. The van der Waals surface area contributed by atoms with Gasteiger partial charge in [-0.25, -0.2) is 0 Å². The van der Waals surface area contributed by atoms with Gasteiger partial charge in [0.1, 0.15) is 6.10 Å². The van der Waals surface area contributed by atoms with Crippen LogP contribution in [0.5, 0.6) is 0 Å². The van der Waals surface area contributed by atoms with Gasteiger partial charge < -0.3 is 10.2 Å². The average Bonchev–Trinajstić information content (AvgIpc) is 2.65. The third-order valence-electron chi connectivity index (χ3n) is 2.67. The van der Waals surface area contributed by atoms with Gasteiger partial charge in [0, 0.05) is 14.9 Å². The third kappa shape index (κ3) is 2.02. The van der Waals surface area contributed by atoms with E-state index in [0.29, 0.717) is 5.33 Å². The Balaban J connectivity index is 2.49. The largest absolute Gasteiger partial charge is 0.389 e. The van der Waals surface area contributed by atoms with E-state index in [2.05, 4.69) is 15.9 Å². The second-order valence-electron chi connectivity index (χ2n) is 3.75. The standard InChI is InChI=1S/C12H13BrO2S/c1-7-8-4-2-3-5-10(8)16-12(7)11(15)9(14)6-13/h2-5,9,11,14-15H,6H2,1H3. The van der Waals surface area contributed by atoms with E-state index in [-0.39, 0.29) is 0 Å². The fourth-order valence-corrected chi connectivity index (χ4v) is 3.34. The molecule has 2 atom stereocenters. The Labute approximate surface area is 107 Å². The Kier molecular flexibility index (Phi) is 3.64. The highest BCUT2D eigenvalue weighted by Crippen LogP contribution is 2.35. The summed E-state index contributed by atoms with van der Waals surface area (Å²) in [6, 6.07) is 8.04. The molecule has 1 aromatic carbocycles. The van der Waals surface area contributed by atoms with Crippen LogP contribution in [0.15, 0.2) is 24.3 Å². The molecule has 2 unspecified atom stereocenters. The van der Waals surface area contributed by atoms with E-state index in [4.69, 9.17) is 0 Å². The molecule has 1 heterocycles. The van der Waals surface area contributed by atoms with Gasteiger partial charge in [-0.2, -0.15) is 0 Å². The molecule has 0 saturated heterocycles. The normalized spacial score (nSPS) is 15.2. The summed E-state index contributed by atoms with van der Waals surface area (Å²) in [7, 11) is 0. The lowest BCUT2D eigenvalue weighted by Crippen LogP contribution is -2.19. The second-order valence-corrected chi connectivity index (χ2v) is 5.49. The number of aliphatic hydroxyl groups is 2. The monoisotopic (exact) mass is 300 g/mol. The van der Waals surface area contributed by atoms with Crippen molar-refractivity contribution < 1.29 is 10.2 Å². The van der Waals surface area contributed by atoms with Crippen LogP contribution in [0.25, 0.3) is 10.1 Å². The summed E-state index contributed by atoms with van der Waals surface area (Å²) in [6.07, 6.45) is -1.57. The van der Waals surface area contributed by atoms with Gasteiger partial charge in [-0.15, -0.1) is 11.3 Å². The van der Waals surface area contributed by atoms with Crippen molar-refractivity contribution >= 4 is 37.4 Å². The number of benzene rings is 1. The molecule has 0 aliphatic heterocycles. The number of fused-ring (bicyclic) bond motifs is 1. The van der Waals surface area contributed by atoms with Crippen molar-refractivity contribution in [2.24, 2.45) is 0 Å². The SMILES string of the molecule is Cc1c(C(O)C(O)CBr)sc2ccccc12. The van der Waals surface area contributed by atoms with Crippen LogP contribution in [-0.2, 0) is 0 Å². The van der Waals surface area contributed by atoms with Gasteiger partial charge in [0.05, 0.1) is 6.10 Å². The second kappa shape index (κ2) is 4.84. The number of rotatable bonds is 3. The van der Waals surface area contributed by atoms with Crippen LogP contribution >= 0.6 is 27.3 Å². The molecule has 2 rings (SSSR count). The summed E-state index contributed by atoms with van der Waals surface area (Å²) in [5, 5.41) is 21.2. The van der Waals surface area contributed by atoms with E-state index in [1.54, 1.807) is 11.3 Å². The van der Waals surface area contributed by atoms with Crippen LogP contribution in [0.2, 0.25) is 0 Å². The van der Waals surface area contributed by atoms with Crippen LogP contribution in [0, 0.1) is 6.92 Å². The lowest BCUT2D eigenvalue weighted by molar-refractivity contribution is 0.0363. The first kappa shape index (κ1) is 12.0. The molecule has 2 N–H and O–H groups in total. The first-order valence-corrected chi connectivity index (χ1v) is 6.99. The number of halogens is 1. The summed E-state index contributed by atoms with van der Waals surface area (Å²) in [6.45, 7) is 1.98. The summed E-state index contributed by atoms with van der Waals surface area (Å²) >= 11 is 4.72. The molecule has 0 amide bonds. The lowest BCUT2D eigenvalue weighted by Gasteiger charge is -2.14. The first-order chi connectivity index (χ1) is 7.65. The van der Waals surface area contributed by atoms with E-state index >= 15 is 0 Å². The first-order valence-electron chi connectivity index (χ1n) is 5.05. The van der Waals surface area contributed by atoms with Gasteiger partial charge in [0.25, 0.3) is 0 Å². The smallest absolute Gasteiger partial charge is 0.115 e. The van der Waals surface area contributed by atoms with E-state index in [9.17, 15) is 10.2 Å². The lowest BCUT2D eigenvalue weighted by atomic mass is 10.1. The van der Waals surface area contributed by atoms with Crippen molar-refractivity contribution in [2.75, 3.05) is 5.33 Å². The van der Waals surface area contributed by atoms with Crippen LogP contribution in [0.1, 0.15) is 16.5 Å². The highest BCUT2D eigenvalue weighted by Gasteiger charge is 2.22. The molecule has 0 radical (unpaired) electrons. The Morgan fingerprint density at radius 1 is 1.31 bits per heavy atom. The molecule has 0 spiro atoms. The maximum Gasteiger partial charge on any atom is 0.115 e. The summed E-state index contributed by atoms with van der Waals surface area (Å²) in [5.41, 5.74) is 1.06. The van der Waals surface area contributed by atoms with Gasteiger partial charge in [0.2, 0.25) is 0 Å². The maximum atomic E-state index is 10.0. The highest BCUT2D eigenvalue weighted by molar-refractivity contribution is 9.09. The number of hydrogen-bond acceptors (Lipinski definition) is 3. The zero-order valence-corrected chi connectivity index (χ0v) is 11.3. The fourth-order valence-electron chi connectivity index (χ4n) is 1.73. The van der Waals surface area contributed by atoms with Gasteiger partial charge in [-0.3, -0.25) is 0 Å². The summed E-state index contributed by atoms with van der Waals surface area (Å²) in [5.74, 6) is 0. The average molecular weight is 301 g/mol. The van der Waals surface area contributed by atoms with Crippen molar-refractivity contribution in [1.29, 1.82) is 0 Å². The van der Waals surface area contributed by atoms with Crippen molar-refractivity contribution in [3.8, 4) is 0 Å². The topological polar surface area (TPSA) is 40.5 Å². The van der Waals surface area contributed by atoms with Crippen molar-refractivity contribution in [3.63, 3.8) is 0 Å². The minimum Gasteiger partial charge on any atom is -0.389 e. The van der Waals surface area contributed by atoms with Gasteiger partial charge in [0.15, 0.2) is 0 Å². The maximum absolute atomic E-state index is 10.0. The molecule has 86 valence electrons. The summed E-state index contributed by atoms with van der Waals surface area (Å²) in [4.78, 5) is 0.855. The number of aliphatic hydroxyl groups excluding tert-OH is 2. The minimum absolute atomic E-state index is 0.377. The highest BCUT2D eigenvalue weighted by atomic mass is 79.9. The zero-order valence-electron chi connectivity index (χ0n) is 8.85. The van der Waals surface area contributed by atoms with Crippen LogP contribution in [-0.4, -0.2) is 21.6 Å². The Morgan fingerprint density at radius 2 is 2.00 bits per heavy atom. The van der Waals surface area contributed by atoms with Crippen LogP contribution in [0.4, 0.5) is 0 Å². The molecule has 1 aromatic heterocycles. The fraction of sp³-hybridized carbons (Fsp3) is 0.333. The van der Waals surface area contributed by atoms with E-state index in [1.165, 1.54) is 0 Å². The molecule has 0 bridgehead atoms. The predicted octanol–water partition coefficient (Wildman–Crippen LogP) is 3.00. The molecule has 2 nitrogen and oxygen atoms in total. The van der Waals surface area contributed by atoms with Crippen molar-refractivity contribution in [2.45, 2.75) is 19.1 Å². The number of thiophene rings is 1. The number of alkyl halides is 1. The predicted molar refractivity (Wildman–Crippen MR) is 71.3 cm³/mol. The van der Waals surface area contributed by atoms with Crippen molar-refractivity contribution in [1.82, 2.24) is 0 Å². The van der Waals surface area contributed by atoms with E-state index in [0.717, 1.165) is 20.5 Å². The van der Waals surface area contributed by atoms with Gasteiger partial charge in [-0.1, -0.05) is 34.1 Å². The molecule has 0 saturated carbocycles. The molecule has 0 aliphatic rings. The summed E-state index contributed by atoms with van der Waals surface area (Å²) < 4.78 is 1.15. The van der Waals surface area contributed by atoms with E-state index in [1.807, 2.05) is 31.2 Å². The molecular weight excluding hydrogens is 288 g/mol. The Bertz CT molecular complexity index is 495. The number of hydrogen-bond donors (Lipinski definition) is 2. The molecule has 16 heavy (non-hydrogen) atoms. The van der Waals surface area contributed by atoms with E-state index < -0.39 is 12.2 Å². The molecule has 0 fully saturated rings. The Hall–Kier alpha value is -0.420. The molecule has 0 aliphatic carbocycles. The quantitative estimate of drug-likeness (QED) is 0.856. The Morgan fingerprint density at radius 3 is 2.62 bits per heavy atom. The van der Waals surface area contributed by atoms with Gasteiger partial charge in [-0.05, 0) is 23.9 Å². The molecular formula is C12H13BrO2S. The van der Waals surface area contributed by atoms with Gasteiger partial charge >= 0.3 is 0 Å². The molecule has 4 heteroatoms. The number of aryl methyl sites for hydroxylation is 1. The van der Waals surface area contributed by atoms with Crippen LogP contribution in [0.3, 0.4) is 0 Å². The van der Waals surface area contributed by atoms with Crippen LogP contribution < -0.4 is 0 Å². The zero-order chi connectivity index (χ0) is 11.7. The minimum atomic E-state index is -0.809.